The number of hydrogen-bond donors (Lipinski definition) is 1. The molecule has 1 aliphatic heterocycles. The number of nitrogens with one attached hydrogen (secondary N) is 1. The summed E-state index contributed by atoms with van der Waals surface area (Å²) in [5.74, 6) is 0.106. The summed E-state index contributed by atoms with van der Waals surface area (Å²) in [7, 11) is -2.63. The van der Waals surface area contributed by atoms with E-state index >= 15 is 0 Å². The van der Waals surface area contributed by atoms with Crippen LogP contribution in [-0.4, -0.2) is 69.2 Å². The highest BCUT2D eigenvalue weighted by Gasteiger charge is 2.33. The van der Waals surface area contributed by atoms with Crippen LogP contribution < -0.4 is 5.32 Å². The van der Waals surface area contributed by atoms with Gasteiger partial charge in [0.2, 0.25) is 22.3 Å². The van der Waals surface area contributed by atoms with E-state index in [0.29, 0.717) is 25.3 Å². The number of sulfonamides is 1. The molecule has 0 aromatic heterocycles. The maximum Gasteiger partial charge on any atom is 0.416 e. The number of esters is 1. The first-order valence-electron chi connectivity index (χ1n) is 13.6. The molecule has 0 bridgehead atoms. The fourth-order valence-electron chi connectivity index (χ4n) is 4.13. The Labute approximate surface area is 245 Å². The number of piperazine rings is 1. The number of nitrogens with zero attached hydrogens (tertiary/aromatic N) is 2. The maximum atomic E-state index is 12.6. The molecule has 0 aliphatic carbocycles. The smallest absolute Gasteiger partial charge is 0.416 e. The second kappa shape index (κ2) is 16.3. The quantitative estimate of drug-likeness (QED) is 0.229. The van der Waals surface area contributed by atoms with Crippen molar-refractivity contribution in [3.05, 3.63) is 65.2 Å². The first-order valence-corrected chi connectivity index (χ1v) is 15.0. The molecule has 0 unspecified atom stereocenters. The zero-order valence-electron chi connectivity index (χ0n) is 24.0. The topological polar surface area (TPSA) is 113 Å². The van der Waals surface area contributed by atoms with Gasteiger partial charge in [-0.15, -0.1) is 0 Å². The fraction of sp³-hybridized carbons (Fsp3) is 0.483. The molecule has 0 radical (unpaired) electrons. The monoisotopic (exact) mass is 613 g/mol. The van der Waals surface area contributed by atoms with Crippen molar-refractivity contribution in [3.63, 3.8) is 0 Å². The molecule has 0 saturated carbocycles. The van der Waals surface area contributed by atoms with E-state index in [1.807, 2.05) is 12.1 Å². The molecule has 2 amide bonds. The molecule has 42 heavy (non-hydrogen) atoms. The molecule has 13 heteroatoms. The largest absolute Gasteiger partial charge is 0.469 e. The number of methoxy groups -OCH3 is 1. The lowest BCUT2D eigenvalue weighted by molar-refractivity contribution is -0.141. The molecular formula is C29H38F3N3O6S. The predicted octanol–water partition coefficient (Wildman–Crippen LogP) is 4.33. The molecular weight excluding hydrogens is 575 g/mol. The Morgan fingerprint density at radius 3 is 2.02 bits per heavy atom. The lowest BCUT2D eigenvalue weighted by Gasteiger charge is -2.34. The molecule has 232 valence electrons. The summed E-state index contributed by atoms with van der Waals surface area (Å²) in [5.41, 5.74) is 1.55. The average molecular weight is 614 g/mol. The summed E-state index contributed by atoms with van der Waals surface area (Å²) in [6.45, 7) is 5.49. The van der Waals surface area contributed by atoms with E-state index in [9.17, 15) is 36.0 Å². The molecule has 0 spiro atoms. The van der Waals surface area contributed by atoms with Crippen LogP contribution in [0.1, 0.15) is 62.1 Å². The standard InChI is InChI=1S/C18H23F3N2O5S.C11H15NO/c1-28-17(25)5-3-2-4-16(24)22-10-12-23(13-11-22)29(26,27)15-8-6-14(7-9-15)18(19,20)21;1-9(2)11-5-3-10(4-6-11)7-12-8-13/h6-9H,2-5,10-13H2,1H3;3-6,8-9H,7H2,1-2H3,(H,12,13). The number of hydrogen-bond acceptors (Lipinski definition) is 6. The highest BCUT2D eigenvalue weighted by Crippen LogP contribution is 2.30. The summed E-state index contributed by atoms with van der Waals surface area (Å²) < 4.78 is 68.9. The maximum absolute atomic E-state index is 12.6. The number of alkyl halides is 3. The van der Waals surface area contributed by atoms with Crippen molar-refractivity contribution in [3.8, 4) is 0 Å². The second-order valence-electron chi connectivity index (χ2n) is 9.99. The van der Waals surface area contributed by atoms with E-state index in [2.05, 4.69) is 36.0 Å². The zero-order valence-corrected chi connectivity index (χ0v) is 24.8. The lowest BCUT2D eigenvalue weighted by Crippen LogP contribution is -2.50. The Morgan fingerprint density at radius 1 is 0.952 bits per heavy atom. The van der Waals surface area contributed by atoms with Gasteiger partial charge in [0.15, 0.2) is 0 Å². The van der Waals surface area contributed by atoms with Crippen molar-refractivity contribution >= 4 is 28.3 Å². The molecule has 1 fully saturated rings. The van der Waals surface area contributed by atoms with Crippen molar-refractivity contribution in [2.45, 2.75) is 63.1 Å². The molecule has 0 atom stereocenters. The van der Waals surface area contributed by atoms with Crippen LogP contribution in [0.4, 0.5) is 13.2 Å². The van der Waals surface area contributed by atoms with Crippen molar-refractivity contribution in [1.29, 1.82) is 0 Å². The minimum Gasteiger partial charge on any atom is -0.469 e. The van der Waals surface area contributed by atoms with E-state index in [4.69, 9.17) is 0 Å². The summed E-state index contributed by atoms with van der Waals surface area (Å²) >= 11 is 0. The van der Waals surface area contributed by atoms with E-state index in [1.165, 1.54) is 12.7 Å². The number of rotatable bonds is 11. The number of benzene rings is 2. The predicted molar refractivity (Wildman–Crippen MR) is 151 cm³/mol. The van der Waals surface area contributed by atoms with Crippen molar-refractivity contribution in [2.75, 3.05) is 33.3 Å². The highest BCUT2D eigenvalue weighted by atomic mass is 32.2. The number of unbranched alkanes of at least 4 members (excludes halogenated alkanes) is 1. The van der Waals surface area contributed by atoms with Gasteiger partial charge in [0.25, 0.3) is 0 Å². The Hall–Kier alpha value is -3.45. The van der Waals surface area contributed by atoms with Crippen LogP contribution in [0.5, 0.6) is 0 Å². The molecule has 1 saturated heterocycles. The van der Waals surface area contributed by atoms with Crippen LogP contribution in [0.15, 0.2) is 53.4 Å². The van der Waals surface area contributed by atoms with Gasteiger partial charge in [-0.05, 0) is 54.2 Å². The Balaban J connectivity index is 0.000000395. The van der Waals surface area contributed by atoms with Crippen LogP contribution in [0, 0.1) is 0 Å². The molecule has 3 rings (SSSR count). The van der Waals surface area contributed by atoms with Crippen LogP contribution in [0.25, 0.3) is 0 Å². The fourth-order valence-corrected chi connectivity index (χ4v) is 5.55. The Bertz CT molecular complexity index is 1260. The van der Waals surface area contributed by atoms with Crippen LogP contribution >= 0.6 is 0 Å². The summed E-state index contributed by atoms with van der Waals surface area (Å²) in [6, 6.07) is 11.7. The third kappa shape index (κ3) is 10.8. The molecule has 1 N–H and O–H groups in total. The molecule has 1 aliphatic rings. The number of carbonyl (C=O) groups excluding carboxylic acids is 3. The Morgan fingerprint density at radius 2 is 1.52 bits per heavy atom. The van der Waals surface area contributed by atoms with Crippen LogP contribution in [0.3, 0.4) is 0 Å². The van der Waals surface area contributed by atoms with Gasteiger partial charge in [-0.3, -0.25) is 14.4 Å². The van der Waals surface area contributed by atoms with Gasteiger partial charge < -0.3 is 15.0 Å². The highest BCUT2D eigenvalue weighted by molar-refractivity contribution is 7.89. The van der Waals surface area contributed by atoms with Gasteiger partial charge in [-0.2, -0.15) is 17.5 Å². The van der Waals surface area contributed by atoms with Gasteiger partial charge in [0, 0.05) is 45.6 Å². The first kappa shape index (κ1) is 34.7. The van der Waals surface area contributed by atoms with Crippen molar-refractivity contribution < 1.29 is 40.7 Å². The summed E-state index contributed by atoms with van der Waals surface area (Å²) in [6.07, 6.45) is -2.27. The second-order valence-corrected chi connectivity index (χ2v) is 11.9. The van der Waals surface area contributed by atoms with E-state index in [-0.39, 0.29) is 55.8 Å². The minimum atomic E-state index is -4.54. The summed E-state index contributed by atoms with van der Waals surface area (Å²) in [5, 5.41) is 2.63. The van der Waals surface area contributed by atoms with Gasteiger partial charge in [-0.25, -0.2) is 8.42 Å². The molecule has 2 aromatic rings. The molecule has 1 heterocycles. The van der Waals surface area contributed by atoms with Gasteiger partial charge >= 0.3 is 12.1 Å². The number of ether oxygens (including phenoxy) is 1. The SMILES string of the molecule is CC(C)c1ccc(CNC=O)cc1.COC(=O)CCCCC(=O)N1CCN(S(=O)(=O)c2ccc(C(F)(F)F)cc2)CC1. The van der Waals surface area contributed by atoms with Crippen LogP contribution in [-0.2, 0) is 41.9 Å². The lowest BCUT2D eigenvalue weighted by atomic mass is 10.0. The first-order chi connectivity index (χ1) is 19.8. The number of halogens is 3. The van der Waals surface area contributed by atoms with Gasteiger partial charge in [0.05, 0.1) is 17.6 Å². The van der Waals surface area contributed by atoms with Gasteiger partial charge in [0.1, 0.15) is 0 Å². The van der Waals surface area contributed by atoms with E-state index in [0.717, 1.165) is 40.5 Å². The summed E-state index contributed by atoms with van der Waals surface area (Å²) in [4.78, 5) is 34.6. The van der Waals surface area contributed by atoms with Crippen molar-refractivity contribution in [2.24, 2.45) is 0 Å². The normalized spacial score (nSPS) is 14.1. The Kier molecular flexibility index (Phi) is 13.4. The van der Waals surface area contributed by atoms with Crippen molar-refractivity contribution in [1.82, 2.24) is 14.5 Å². The minimum absolute atomic E-state index is 0.0667. The third-order valence-electron chi connectivity index (χ3n) is 6.70. The molecule has 2 aromatic carbocycles. The zero-order chi connectivity index (χ0) is 31.3. The number of amides is 2. The van der Waals surface area contributed by atoms with Crippen LogP contribution in [0.2, 0.25) is 0 Å². The number of carbonyl (C=O) groups is 3. The average Bonchev–Trinajstić information content (AvgIpc) is 2.98. The van der Waals surface area contributed by atoms with E-state index in [1.54, 1.807) is 4.90 Å². The molecule has 9 nitrogen and oxygen atoms in total. The van der Waals surface area contributed by atoms with Gasteiger partial charge in [-0.1, -0.05) is 38.1 Å². The third-order valence-corrected chi connectivity index (χ3v) is 8.61. The van der Waals surface area contributed by atoms with E-state index < -0.39 is 21.8 Å².